The third-order valence-corrected chi connectivity index (χ3v) is 4.02. The molecule has 1 heterocycles. The molecule has 3 rings (SSSR count). The molecule has 0 unspecified atom stereocenters. The Balaban J connectivity index is 1.70. The Hall–Kier alpha value is -2.63. The Labute approximate surface area is 154 Å². The highest BCUT2D eigenvalue weighted by molar-refractivity contribution is 6.34. The lowest BCUT2D eigenvalue weighted by molar-refractivity contribution is 0.102. The van der Waals surface area contributed by atoms with Gasteiger partial charge in [-0.1, -0.05) is 23.2 Å². The van der Waals surface area contributed by atoms with Crippen LogP contribution < -0.4 is 10.6 Å². The first kappa shape index (κ1) is 17.2. The molecule has 0 aliphatic heterocycles. The summed E-state index contributed by atoms with van der Waals surface area (Å²) in [5.74, 6) is 0.137. The number of phenols is 1. The van der Waals surface area contributed by atoms with Gasteiger partial charge in [-0.25, -0.2) is 0 Å². The number of amides is 1. The maximum atomic E-state index is 12.3. The Morgan fingerprint density at radius 3 is 2.68 bits per heavy atom. The lowest BCUT2D eigenvalue weighted by Gasteiger charge is -2.11. The van der Waals surface area contributed by atoms with E-state index in [9.17, 15) is 9.90 Å². The highest BCUT2D eigenvalue weighted by Crippen LogP contribution is 2.28. The van der Waals surface area contributed by atoms with Crippen molar-refractivity contribution in [3.05, 3.63) is 76.2 Å². The van der Waals surface area contributed by atoms with Crippen LogP contribution in [0.2, 0.25) is 10.0 Å². The molecule has 3 N–H and O–H groups in total. The zero-order chi connectivity index (χ0) is 17.8. The molecule has 0 atom stereocenters. The average Bonchev–Trinajstić information content (AvgIpc) is 3.11. The molecule has 2 aromatic carbocycles. The Bertz CT molecular complexity index is 895. The lowest BCUT2D eigenvalue weighted by atomic mass is 10.2. The monoisotopic (exact) mass is 376 g/mol. The SMILES string of the molecule is O=C(Nc1ccc(NCc2ccco2)cc1Cl)c1cc(Cl)ccc1O. The van der Waals surface area contributed by atoms with Crippen LogP contribution >= 0.6 is 23.2 Å². The lowest BCUT2D eigenvalue weighted by Crippen LogP contribution is -2.12. The number of phenolic OH excluding ortho intramolecular Hbond substituents is 1. The molecular weight excluding hydrogens is 363 g/mol. The predicted octanol–water partition coefficient (Wildman–Crippen LogP) is 5.16. The molecule has 128 valence electrons. The second-order valence-electron chi connectivity index (χ2n) is 5.24. The number of hydrogen-bond acceptors (Lipinski definition) is 4. The maximum absolute atomic E-state index is 12.3. The van der Waals surface area contributed by atoms with Gasteiger partial charge in [-0.05, 0) is 48.5 Å². The van der Waals surface area contributed by atoms with Gasteiger partial charge in [0.05, 0.1) is 29.1 Å². The van der Waals surface area contributed by atoms with Crippen LogP contribution in [0.1, 0.15) is 16.1 Å². The van der Waals surface area contributed by atoms with Crippen molar-refractivity contribution < 1.29 is 14.3 Å². The van der Waals surface area contributed by atoms with Crippen LogP contribution in [0.15, 0.2) is 59.2 Å². The summed E-state index contributed by atoms with van der Waals surface area (Å²) in [6, 6.07) is 13.1. The van der Waals surface area contributed by atoms with Crippen LogP contribution in [0.25, 0.3) is 0 Å². The molecule has 0 aliphatic rings. The second-order valence-corrected chi connectivity index (χ2v) is 6.09. The van der Waals surface area contributed by atoms with Crippen molar-refractivity contribution in [3.8, 4) is 5.75 Å². The first-order chi connectivity index (χ1) is 12.0. The average molecular weight is 377 g/mol. The summed E-state index contributed by atoms with van der Waals surface area (Å²) in [5.41, 5.74) is 1.28. The number of rotatable bonds is 5. The van der Waals surface area contributed by atoms with Crippen LogP contribution in [-0.2, 0) is 6.54 Å². The summed E-state index contributed by atoms with van der Waals surface area (Å²) in [6.07, 6.45) is 1.61. The van der Waals surface area contributed by atoms with Crippen LogP contribution in [-0.4, -0.2) is 11.0 Å². The van der Waals surface area contributed by atoms with E-state index in [1.165, 1.54) is 18.2 Å². The molecule has 0 radical (unpaired) electrons. The summed E-state index contributed by atoms with van der Waals surface area (Å²) in [7, 11) is 0. The van der Waals surface area contributed by atoms with Gasteiger partial charge in [0.2, 0.25) is 0 Å². The molecule has 0 saturated carbocycles. The molecule has 3 aromatic rings. The largest absolute Gasteiger partial charge is 0.507 e. The van der Waals surface area contributed by atoms with Gasteiger partial charge in [-0.15, -0.1) is 0 Å². The molecule has 5 nitrogen and oxygen atoms in total. The maximum Gasteiger partial charge on any atom is 0.259 e. The fourth-order valence-corrected chi connectivity index (χ4v) is 2.61. The van der Waals surface area contributed by atoms with Gasteiger partial charge in [0, 0.05) is 10.7 Å². The van der Waals surface area contributed by atoms with Crippen molar-refractivity contribution in [1.29, 1.82) is 0 Å². The molecule has 1 amide bonds. The number of carbonyl (C=O) groups is 1. The van der Waals surface area contributed by atoms with Crippen molar-refractivity contribution in [3.63, 3.8) is 0 Å². The van der Waals surface area contributed by atoms with Crippen LogP contribution in [0.3, 0.4) is 0 Å². The van der Waals surface area contributed by atoms with E-state index in [0.29, 0.717) is 22.3 Å². The molecule has 0 saturated heterocycles. The minimum absolute atomic E-state index is 0.0728. The molecule has 0 spiro atoms. The minimum atomic E-state index is -0.502. The molecular formula is C18H14Cl2N2O3. The predicted molar refractivity (Wildman–Crippen MR) is 98.6 cm³/mol. The summed E-state index contributed by atoms with van der Waals surface area (Å²) >= 11 is 12.1. The summed E-state index contributed by atoms with van der Waals surface area (Å²) in [4.78, 5) is 12.3. The van der Waals surface area contributed by atoms with Crippen LogP contribution in [0.4, 0.5) is 11.4 Å². The zero-order valence-electron chi connectivity index (χ0n) is 12.9. The van der Waals surface area contributed by atoms with Crippen molar-refractivity contribution in [2.24, 2.45) is 0 Å². The number of carbonyl (C=O) groups excluding carboxylic acids is 1. The molecule has 25 heavy (non-hydrogen) atoms. The number of aromatic hydroxyl groups is 1. The van der Waals surface area contributed by atoms with E-state index >= 15 is 0 Å². The van der Waals surface area contributed by atoms with E-state index in [0.717, 1.165) is 11.4 Å². The topological polar surface area (TPSA) is 74.5 Å². The number of hydrogen-bond donors (Lipinski definition) is 3. The first-order valence-corrected chi connectivity index (χ1v) is 8.14. The van der Waals surface area contributed by atoms with Crippen LogP contribution in [0, 0.1) is 0 Å². The molecule has 7 heteroatoms. The van der Waals surface area contributed by atoms with Crippen molar-refractivity contribution in [1.82, 2.24) is 0 Å². The normalized spacial score (nSPS) is 10.5. The highest BCUT2D eigenvalue weighted by atomic mass is 35.5. The van der Waals surface area contributed by atoms with Gasteiger partial charge in [-0.3, -0.25) is 4.79 Å². The van der Waals surface area contributed by atoms with E-state index in [-0.39, 0.29) is 11.3 Å². The van der Waals surface area contributed by atoms with E-state index in [1.807, 2.05) is 12.1 Å². The van der Waals surface area contributed by atoms with Gasteiger partial charge < -0.3 is 20.2 Å². The number of nitrogens with one attached hydrogen (secondary N) is 2. The van der Waals surface area contributed by atoms with Gasteiger partial charge in [0.15, 0.2) is 0 Å². The third-order valence-electron chi connectivity index (χ3n) is 3.47. The van der Waals surface area contributed by atoms with Gasteiger partial charge in [-0.2, -0.15) is 0 Å². The van der Waals surface area contributed by atoms with Gasteiger partial charge in [0.1, 0.15) is 11.5 Å². The van der Waals surface area contributed by atoms with E-state index < -0.39 is 5.91 Å². The smallest absolute Gasteiger partial charge is 0.259 e. The fraction of sp³-hybridized carbons (Fsp3) is 0.0556. The number of benzene rings is 2. The van der Waals surface area contributed by atoms with E-state index in [4.69, 9.17) is 27.6 Å². The number of furan rings is 1. The third kappa shape index (κ3) is 4.26. The molecule has 1 aromatic heterocycles. The summed E-state index contributed by atoms with van der Waals surface area (Å²) < 4.78 is 5.24. The zero-order valence-corrected chi connectivity index (χ0v) is 14.4. The Morgan fingerprint density at radius 1 is 1.12 bits per heavy atom. The standard InChI is InChI=1S/C18H14Cl2N2O3/c19-11-3-6-17(23)14(8-11)18(24)22-16-5-4-12(9-15(16)20)21-10-13-2-1-7-25-13/h1-9,21,23H,10H2,(H,22,24). The summed E-state index contributed by atoms with van der Waals surface area (Å²) in [5, 5.41) is 16.3. The van der Waals surface area contributed by atoms with Crippen molar-refractivity contribution in [2.75, 3.05) is 10.6 Å². The Morgan fingerprint density at radius 2 is 1.96 bits per heavy atom. The summed E-state index contributed by atoms with van der Waals surface area (Å²) in [6.45, 7) is 0.519. The fourth-order valence-electron chi connectivity index (χ4n) is 2.21. The van der Waals surface area contributed by atoms with Crippen molar-refractivity contribution in [2.45, 2.75) is 6.54 Å². The number of halogens is 2. The van der Waals surface area contributed by atoms with Crippen LogP contribution in [0.5, 0.6) is 5.75 Å². The van der Waals surface area contributed by atoms with E-state index in [2.05, 4.69) is 10.6 Å². The highest BCUT2D eigenvalue weighted by Gasteiger charge is 2.13. The first-order valence-electron chi connectivity index (χ1n) is 7.38. The Kier molecular flexibility index (Phi) is 5.16. The van der Waals surface area contributed by atoms with Crippen molar-refractivity contribution >= 4 is 40.5 Å². The molecule has 0 bridgehead atoms. The number of anilines is 2. The van der Waals surface area contributed by atoms with Gasteiger partial charge >= 0.3 is 0 Å². The molecule has 0 aliphatic carbocycles. The minimum Gasteiger partial charge on any atom is -0.507 e. The van der Waals surface area contributed by atoms with E-state index in [1.54, 1.807) is 24.5 Å². The van der Waals surface area contributed by atoms with Gasteiger partial charge in [0.25, 0.3) is 5.91 Å². The quantitative estimate of drug-likeness (QED) is 0.575. The molecule has 0 fully saturated rings. The second kappa shape index (κ2) is 7.51.